The van der Waals surface area contributed by atoms with Gasteiger partial charge in [0.25, 0.3) is 0 Å². The minimum Gasteiger partial charge on any atom is -0.462 e. The van der Waals surface area contributed by atoms with Gasteiger partial charge in [0, 0.05) is 19.0 Å². The van der Waals surface area contributed by atoms with E-state index in [1.165, 1.54) is 173 Å². The number of ether oxygens (including phenoxy) is 3. The number of nitrogen functional groups attached to an aromatic ring is 1. The molecule has 6 N–H and O–H groups in total. The smallest absolute Gasteiger partial charge is 0.462 e. The van der Waals surface area contributed by atoms with Crippen LogP contribution >= 0.6 is 15.6 Å². The van der Waals surface area contributed by atoms with Crippen LogP contribution in [0.25, 0.3) is 0 Å². The van der Waals surface area contributed by atoms with Crippen LogP contribution in [0.5, 0.6) is 0 Å². The van der Waals surface area contributed by atoms with Gasteiger partial charge < -0.3 is 39.9 Å². The minimum absolute atomic E-state index is 0.0579. The molecule has 2 heterocycles. The molecule has 20 heteroatoms. The van der Waals surface area contributed by atoms with Crippen LogP contribution in [0.1, 0.15) is 265 Å². The number of hydrogen-bond acceptors (Lipinski definition) is 15. The van der Waals surface area contributed by atoms with Gasteiger partial charge in [-0.2, -0.15) is 9.29 Å². The zero-order chi connectivity index (χ0) is 55.9. The van der Waals surface area contributed by atoms with Crippen LogP contribution < -0.4 is 11.4 Å². The van der Waals surface area contributed by atoms with Crippen molar-refractivity contribution in [1.82, 2.24) is 9.55 Å². The Morgan fingerprint density at radius 1 is 0.592 bits per heavy atom. The molecule has 0 bridgehead atoms. The second-order valence-electron chi connectivity index (χ2n) is 22.2. The number of carbonyl (C=O) groups excluding carboxylic acids is 2. The topological polar surface area (TPSA) is 265 Å². The number of anilines is 1. The van der Waals surface area contributed by atoms with E-state index in [2.05, 4.69) is 37.0 Å². The first-order chi connectivity index (χ1) is 36.4. The molecule has 3 unspecified atom stereocenters. The molecule has 0 saturated carbocycles. The zero-order valence-corrected chi connectivity index (χ0v) is 49.2. The average Bonchev–Trinajstić information content (AvgIpc) is 3.64. The van der Waals surface area contributed by atoms with E-state index in [0.717, 1.165) is 61.3 Å². The number of esters is 2. The van der Waals surface area contributed by atoms with Gasteiger partial charge in [-0.25, -0.2) is 13.9 Å². The zero-order valence-electron chi connectivity index (χ0n) is 47.4. The largest absolute Gasteiger partial charge is 0.481 e. The summed E-state index contributed by atoms with van der Waals surface area (Å²) in [4.78, 5) is 62.2. The predicted octanol–water partition coefficient (Wildman–Crippen LogP) is 13.5. The Labute approximate surface area is 457 Å². The summed E-state index contributed by atoms with van der Waals surface area (Å²) in [5.41, 5.74) is 4.61. The first-order valence-corrected chi connectivity index (χ1v) is 32.8. The molecule has 0 aliphatic carbocycles. The van der Waals surface area contributed by atoms with Gasteiger partial charge in [-0.3, -0.25) is 23.2 Å². The molecular weight excluding hydrogens is 1020 g/mol. The number of unbranched alkanes of at least 4 members (excludes halogenated alkanes) is 30. The second-order valence-corrected chi connectivity index (χ2v) is 25.2. The Kier molecular flexibility index (Phi) is 39.2. The van der Waals surface area contributed by atoms with Crippen molar-refractivity contribution in [1.29, 1.82) is 0 Å². The van der Waals surface area contributed by atoms with Gasteiger partial charge in [0.1, 0.15) is 30.7 Å². The van der Waals surface area contributed by atoms with Crippen molar-refractivity contribution in [3.8, 4) is 0 Å². The maximum absolute atomic E-state index is 12.9. The SMILES string of the molecule is CC(C)CCCCCCCCCCCCCCCCCCC(=O)OC[C@H](COP(=O)(O)OP(=O)(O)OC[C@H]1O[C@@H](n2ccc(N)nc2=O)C(O)[C@H]1O)OC(=O)CCCCCCCCCCCCCCCCCCC(C)C. The molecule has 1 aromatic rings. The Balaban J connectivity index is 1.73. The van der Waals surface area contributed by atoms with Crippen LogP contribution in [0.4, 0.5) is 5.82 Å². The lowest BCUT2D eigenvalue weighted by Crippen LogP contribution is -2.36. The van der Waals surface area contributed by atoms with Crippen molar-refractivity contribution in [2.45, 2.75) is 289 Å². The van der Waals surface area contributed by atoms with E-state index in [9.17, 15) is 43.5 Å². The quantitative estimate of drug-likeness (QED) is 0.0231. The summed E-state index contributed by atoms with van der Waals surface area (Å²) in [5.74, 6) is 0.351. The highest BCUT2D eigenvalue weighted by Crippen LogP contribution is 2.60. The van der Waals surface area contributed by atoms with E-state index in [1.54, 1.807) is 0 Å². The molecule has 0 aromatic carbocycles. The monoisotopic (exact) mass is 1120 g/mol. The maximum Gasteiger partial charge on any atom is 0.481 e. The fourth-order valence-corrected chi connectivity index (χ4v) is 11.6. The first-order valence-electron chi connectivity index (χ1n) is 29.8. The van der Waals surface area contributed by atoms with Gasteiger partial charge in [0.2, 0.25) is 0 Å². The molecule has 1 saturated heterocycles. The molecule has 1 aliphatic rings. The van der Waals surface area contributed by atoms with Gasteiger partial charge in [-0.15, -0.1) is 0 Å². The molecule has 0 radical (unpaired) electrons. The number of aliphatic hydroxyl groups excluding tert-OH is 2. The number of phosphoric acid groups is 2. The highest BCUT2D eigenvalue weighted by atomic mass is 31.3. The Bertz CT molecular complexity index is 1810. The van der Waals surface area contributed by atoms with Crippen molar-refractivity contribution < 1.29 is 66.3 Å². The van der Waals surface area contributed by atoms with Crippen molar-refractivity contribution in [3.63, 3.8) is 0 Å². The standard InChI is InChI=1S/C56H105N3O15P2/c1-46(2)37-33-29-25-21-17-13-9-5-7-11-15-19-23-27-31-35-39-51(60)69-43-48(72-52(61)40-36-32-28-24-20-16-12-8-6-10-14-18-22-26-30-34-38-47(3)4)44-70-75(65,66)74-76(67,68)71-45-49-53(62)54(63)55(73-49)59-42-41-50(57)58-56(59)64/h41-42,46-49,53-55,62-63H,5-40,43-45H2,1-4H3,(H,65,66)(H,67,68)(H2,57,58,64)/t48-,49-,53+,54?,55-/m1/s1. The van der Waals surface area contributed by atoms with Crippen molar-refractivity contribution in [2.24, 2.45) is 11.8 Å². The normalized spacial score (nSPS) is 18.8. The fourth-order valence-electron chi connectivity index (χ4n) is 9.45. The maximum atomic E-state index is 12.9. The van der Waals surface area contributed by atoms with Crippen LogP contribution in [0.15, 0.2) is 17.1 Å². The minimum atomic E-state index is -5.42. The van der Waals surface area contributed by atoms with E-state index in [0.29, 0.717) is 12.8 Å². The number of aromatic nitrogens is 2. The summed E-state index contributed by atoms with van der Waals surface area (Å²) in [6.45, 7) is 6.90. The van der Waals surface area contributed by atoms with E-state index in [1.807, 2.05) is 0 Å². The molecule has 2 rings (SSSR count). The summed E-state index contributed by atoms with van der Waals surface area (Å²) in [5, 5.41) is 21.0. The third-order valence-electron chi connectivity index (χ3n) is 14.0. The molecule has 1 aliphatic heterocycles. The number of nitrogens with two attached hydrogens (primary N) is 1. The van der Waals surface area contributed by atoms with Crippen LogP contribution in [0.3, 0.4) is 0 Å². The van der Waals surface area contributed by atoms with E-state index in [-0.39, 0.29) is 18.7 Å². The van der Waals surface area contributed by atoms with E-state index < -0.39 is 83.7 Å². The Hall–Kier alpha value is -2.24. The van der Waals surface area contributed by atoms with Crippen molar-refractivity contribution >= 4 is 33.4 Å². The highest BCUT2D eigenvalue weighted by molar-refractivity contribution is 7.61. The van der Waals surface area contributed by atoms with E-state index in [4.69, 9.17) is 29.0 Å². The van der Waals surface area contributed by atoms with Crippen molar-refractivity contribution in [3.05, 3.63) is 22.7 Å². The lowest BCUT2D eigenvalue weighted by molar-refractivity contribution is -0.161. The predicted molar refractivity (Wildman–Crippen MR) is 298 cm³/mol. The number of phosphoric ester groups is 2. The van der Waals surface area contributed by atoms with Crippen LogP contribution in [-0.2, 0) is 46.3 Å². The van der Waals surface area contributed by atoms with Crippen molar-refractivity contribution in [2.75, 3.05) is 25.6 Å². The Morgan fingerprint density at radius 2 is 0.974 bits per heavy atom. The molecule has 1 fully saturated rings. The molecule has 18 nitrogen and oxygen atoms in total. The molecule has 7 atom stereocenters. The third-order valence-corrected chi connectivity index (χ3v) is 16.6. The van der Waals surface area contributed by atoms with Crippen LogP contribution in [-0.4, -0.2) is 85.7 Å². The number of nitrogens with zero attached hydrogens (tertiary/aromatic N) is 2. The molecule has 76 heavy (non-hydrogen) atoms. The molecule has 0 amide bonds. The van der Waals surface area contributed by atoms with Gasteiger partial charge in [-0.05, 0) is 30.7 Å². The summed E-state index contributed by atoms with van der Waals surface area (Å²) < 4.78 is 57.1. The summed E-state index contributed by atoms with van der Waals surface area (Å²) in [6, 6.07) is 1.25. The van der Waals surface area contributed by atoms with Gasteiger partial charge >= 0.3 is 33.3 Å². The van der Waals surface area contributed by atoms with Crippen LogP contribution in [0, 0.1) is 11.8 Å². The van der Waals surface area contributed by atoms with Gasteiger partial charge in [0.15, 0.2) is 12.3 Å². The van der Waals surface area contributed by atoms with E-state index >= 15 is 0 Å². The molecule has 0 spiro atoms. The average molecular weight is 1120 g/mol. The molecule has 1 aromatic heterocycles. The molecular formula is C56H105N3O15P2. The number of hydrogen-bond donors (Lipinski definition) is 5. The van der Waals surface area contributed by atoms with Gasteiger partial charge in [-0.1, -0.05) is 233 Å². The lowest BCUT2D eigenvalue weighted by atomic mass is 10.0. The summed E-state index contributed by atoms with van der Waals surface area (Å²) in [6.07, 6.45) is 34.6. The highest BCUT2D eigenvalue weighted by Gasteiger charge is 2.46. The number of aliphatic hydroxyl groups is 2. The summed E-state index contributed by atoms with van der Waals surface area (Å²) in [7, 11) is -10.8. The number of rotatable bonds is 50. The van der Waals surface area contributed by atoms with Crippen LogP contribution in [0.2, 0.25) is 0 Å². The first kappa shape index (κ1) is 69.9. The lowest BCUT2D eigenvalue weighted by Gasteiger charge is -2.21. The fraction of sp³-hybridized carbons (Fsp3) is 0.893. The number of carbonyl (C=O) groups is 2. The Morgan fingerprint density at radius 3 is 1.38 bits per heavy atom. The molecule has 444 valence electrons. The second kappa shape index (κ2) is 42.6. The third kappa shape index (κ3) is 36.1. The summed E-state index contributed by atoms with van der Waals surface area (Å²) >= 11 is 0. The van der Waals surface area contributed by atoms with Gasteiger partial charge in [0.05, 0.1) is 13.2 Å².